The first-order chi connectivity index (χ1) is 13.0. The molecule has 0 aromatic heterocycles. The van der Waals surface area contributed by atoms with E-state index in [0.717, 1.165) is 12.8 Å². The van der Waals surface area contributed by atoms with Crippen LogP contribution in [0.4, 0.5) is 0 Å². The second-order valence-electron chi connectivity index (χ2n) is 6.73. The molecular weight excluding hydrogens is 352 g/mol. The number of rotatable bonds is 6. The van der Waals surface area contributed by atoms with Crippen molar-refractivity contribution in [2.24, 2.45) is 0 Å². The number of hydrogen-bond donors (Lipinski definition) is 2. The van der Waals surface area contributed by atoms with Crippen LogP contribution >= 0.6 is 0 Å². The fourth-order valence-electron chi connectivity index (χ4n) is 3.15. The first-order valence-corrected chi connectivity index (χ1v) is 9.14. The van der Waals surface area contributed by atoms with Crippen LogP contribution in [0.2, 0.25) is 0 Å². The number of esters is 1. The summed E-state index contributed by atoms with van der Waals surface area (Å²) in [5.41, 5.74) is -1.62. The smallest absolute Gasteiger partial charge is 0.350 e. The molecule has 2 unspecified atom stereocenters. The Balaban J connectivity index is 1.64. The normalized spacial score (nSPS) is 28.0. The van der Waals surface area contributed by atoms with Gasteiger partial charge in [-0.15, -0.1) is 0 Å². The van der Waals surface area contributed by atoms with Crippen molar-refractivity contribution in [3.63, 3.8) is 0 Å². The highest BCUT2D eigenvalue weighted by atomic mass is 16.7. The lowest BCUT2D eigenvalue weighted by molar-refractivity contribution is -0.167. The van der Waals surface area contributed by atoms with Gasteiger partial charge >= 0.3 is 5.97 Å². The molecule has 0 amide bonds. The van der Waals surface area contributed by atoms with E-state index in [9.17, 15) is 19.8 Å². The average molecular weight is 376 g/mol. The van der Waals surface area contributed by atoms with Gasteiger partial charge in [0.2, 0.25) is 5.60 Å². The SMILES string of the molecule is O=C1CCC=CC1(O)C(=O)OCc1ccccc1OC1CCC[C@@H](CO)O1. The molecule has 0 saturated carbocycles. The number of para-hydroxylation sites is 1. The number of aliphatic hydroxyl groups excluding tert-OH is 1. The second kappa shape index (κ2) is 8.65. The van der Waals surface area contributed by atoms with Gasteiger partial charge < -0.3 is 24.4 Å². The van der Waals surface area contributed by atoms with Crippen LogP contribution in [0.3, 0.4) is 0 Å². The Morgan fingerprint density at radius 2 is 2.11 bits per heavy atom. The van der Waals surface area contributed by atoms with Gasteiger partial charge in [-0.25, -0.2) is 4.79 Å². The Labute approximate surface area is 157 Å². The Kier molecular flexibility index (Phi) is 6.26. The average Bonchev–Trinajstić information content (AvgIpc) is 2.69. The quantitative estimate of drug-likeness (QED) is 0.442. The minimum atomic E-state index is -2.21. The first kappa shape index (κ1) is 19.5. The number of ketones is 1. The largest absolute Gasteiger partial charge is 0.465 e. The fourth-order valence-corrected chi connectivity index (χ4v) is 3.15. The summed E-state index contributed by atoms with van der Waals surface area (Å²) in [6, 6.07) is 7.02. The number of hydrogen-bond acceptors (Lipinski definition) is 7. The van der Waals surface area contributed by atoms with Crippen molar-refractivity contribution in [2.45, 2.75) is 56.7 Å². The zero-order valence-corrected chi connectivity index (χ0v) is 15.0. The third-order valence-corrected chi connectivity index (χ3v) is 4.74. The van der Waals surface area contributed by atoms with Crippen LogP contribution < -0.4 is 4.74 Å². The Morgan fingerprint density at radius 1 is 1.30 bits per heavy atom. The van der Waals surface area contributed by atoms with Crippen molar-refractivity contribution in [1.82, 2.24) is 0 Å². The lowest BCUT2D eigenvalue weighted by Crippen LogP contribution is -2.47. The van der Waals surface area contributed by atoms with E-state index in [1.165, 1.54) is 6.08 Å². The molecule has 1 aromatic carbocycles. The summed E-state index contributed by atoms with van der Waals surface area (Å²) < 4.78 is 16.7. The van der Waals surface area contributed by atoms with Crippen LogP contribution in [0.15, 0.2) is 36.4 Å². The van der Waals surface area contributed by atoms with Crippen molar-refractivity contribution >= 4 is 11.8 Å². The molecule has 7 heteroatoms. The van der Waals surface area contributed by atoms with E-state index in [-0.39, 0.29) is 25.7 Å². The maximum absolute atomic E-state index is 12.2. The summed E-state index contributed by atoms with van der Waals surface area (Å²) in [5, 5.41) is 19.5. The maximum Gasteiger partial charge on any atom is 0.350 e. The molecule has 27 heavy (non-hydrogen) atoms. The van der Waals surface area contributed by atoms with Gasteiger partial charge in [0.15, 0.2) is 12.1 Å². The molecule has 1 heterocycles. The van der Waals surface area contributed by atoms with Crippen LogP contribution in [0.5, 0.6) is 5.75 Å². The molecule has 3 rings (SSSR count). The van der Waals surface area contributed by atoms with E-state index >= 15 is 0 Å². The Morgan fingerprint density at radius 3 is 2.89 bits per heavy atom. The van der Waals surface area contributed by atoms with Gasteiger partial charge in [-0.1, -0.05) is 24.3 Å². The van der Waals surface area contributed by atoms with E-state index in [1.54, 1.807) is 30.3 Å². The van der Waals surface area contributed by atoms with Crippen molar-refractivity contribution in [1.29, 1.82) is 0 Å². The predicted octanol–water partition coefficient (Wildman–Crippen LogP) is 1.65. The molecule has 146 valence electrons. The summed E-state index contributed by atoms with van der Waals surface area (Å²) in [5.74, 6) is -1.07. The van der Waals surface area contributed by atoms with Gasteiger partial charge in [0.05, 0.1) is 12.7 Å². The number of allylic oxidation sites excluding steroid dienone is 1. The number of benzene rings is 1. The lowest BCUT2D eigenvalue weighted by atomic mass is 9.90. The topological polar surface area (TPSA) is 102 Å². The van der Waals surface area contributed by atoms with E-state index in [4.69, 9.17) is 14.2 Å². The molecule has 0 spiro atoms. The number of carbonyl (C=O) groups excluding carboxylic acids is 2. The number of aliphatic hydroxyl groups is 2. The van der Waals surface area contributed by atoms with Gasteiger partial charge in [-0.2, -0.15) is 0 Å². The molecule has 1 aromatic rings. The standard InChI is InChI=1S/C20H24O7/c21-12-15-7-5-10-18(26-15)27-16-8-2-1-6-14(16)13-25-19(23)20(24)11-4-3-9-17(20)22/h1-2,4,6,8,11,15,18,21,24H,3,5,7,9-10,12-13H2/t15-,18?,20?/m0/s1. The Hall–Kier alpha value is -2.22. The van der Waals surface area contributed by atoms with Crippen LogP contribution in [0.1, 0.15) is 37.7 Å². The molecule has 1 saturated heterocycles. The molecule has 2 aliphatic rings. The van der Waals surface area contributed by atoms with Gasteiger partial charge in [0.25, 0.3) is 0 Å². The summed E-state index contributed by atoms with van der Waals surface area (Å²) in [6.07, 6.45) is 5.03. The molecule has 1 aliphatic heterocycles. The highest BCUT2D eigenvalue weighted by Gasteiger charge is 2.43. The first-order valence-electron chi connectivity index (χ1n) is 9.14. The monoisotopic (exact) mass is 376 g/mol. The zero-order chi connectivity index (χ0) is 19.3. The van der Waals surface area contributed by atoms with Gasteiger partial charge in [0.1, 0.15) is 12.4 Å². The minimum absolute atomic E-state index is 0.0563. The number of ether oxygens (including phenoxy) is 3. The van der Waals surface area contributed by atoms with Crippen molar-refractivity contribution in [2.75, 3.05) is 6.61 Å². The van der Waals surface area contributed by atoms with Crippen LogP contribution in [-0.4, -0.2) is 46.6 Å². The fraction of sp³-hybridized carbons (Fsp3) is 0.500. The lowest BCUT2D eigenvalue weighted by Gasteiger charge is -2.29. The molecular formula is C20H24O7. The summed E-state index contributed by atoms with van der Waals surface area (Å²) in [7, 11) is 0. The summed E-state index contributed by atoms with van der Waals surface area (Å²) >= 11 is 0. The number of Topliss-reactive ketones (excluding diaryl/α,β-unsaturated/α-hetero) is 1. The predicted molar refractivity (Wildman–Crippen MR) is 94.8 cm³/mol. The van der Waals surface area contributed by atoms with Gasteiger partial charge in [0, 0.05) is 18.4 Å². The van der Waals surface area contributed by atoms with Gasteiger partial charge in [-0.05, 0) is 31.4 Å². The third kappa shape index (κ3) is 4.55. The van der Waals surface area contributed by atoms with E-state index in [0.29, 0.717) is 24.2 Å². The van der Waals surface area contributed by atoms with Crippen LogP contribution in [0.25, 0.3) is 0 Å². The highest BCUT2D eigenvalue weighted by Crippen LogP contribution is 2.27. The van der Waals surface area contributed by atoms with Gasteiger partial charge in [-0.3, -0.25) is 4.79 Å². The molecule has 1 aliphatic carbocycles. The van der Waals surface area contributed by atoms with E-state index in [2.05, 4.69) is 0 Å². The van der Waals surface area contributed by atoms with Crippen molar-refractivity contribution < 1.29 is 34.0 Å². The van der Waals surface area contributed by atoms with Crippen molar-refractivity contribution in [3.05, 3.63) is 42.0 Å². The molecule has 3 atom stereocenters. The number of carbonyl (C=O) groups is 2. The third-order valence-electron chi connectivity index (χ3n) is 4.74. The zero-order valence-electron chi connectivity index (χ0n) is 15.0. The van der Waals surface area contributed by atoms with E-state index in [1.807, 2.05) is 0 Å². The molecule has 2 N–H and O–H groups in total. The summed E-state index contributed by atoms with van der Waals surface area (Å²) in [4.78, 5) is 24.1. The Bertz CT molecular complexity index is 714. The van der Waals surface area contributed by atoms with Crippen LogP contribution in [-0.2, 0) is 25.7 Å². The highest BCUT2D eigenvalue weighted by molar-refractivity contribution is 6.09. The molecule has 7 nitrogen and oxygen atoms in total. The van der Waals surface area contributed by atoms with E-state index < -0.39 is 23.6 Å². The molecule has 0 radical (unpaired) electrons. The van der Waals surface area contributed by atoms with Crippen LogP contribution in [0, 0.1) is 0 Å². The maximum atomic E-state index is 12.2. The molecule has 1 fully saturated rings. The van der Waals surface area contributed by atoms with Crippen molar-refractivity contribution in [3.8, 4) is 5.75 Å². The second-order valence-corrected chi connectivity index (χ2v) is 6.73. The minimum Gasteiger partial charge on any atom is -0.465 e. The summed E-state index contributed by atoms with van der Waals surface area (Å²) in [6.45, 7) is -0.201. The molecule has 0 bridgehead atoms.